The standard InChI is InChI=1S/C9H13N.C2H6.H2/c1-7-3-8(2)5-9(4-7)6-10;1-2;/h3-5H,6,10H2,1-2H3;1-2H3;1H. The summed E-state index contributed by atoms with van der Waals surface area (Å²) in [6.07, 6.45) is 0. The molecular formula is C11H21N. The molecule has 0 radical (unpaired) electrons. The van der Waals surface area contributed by atoms with Crippen LogP contribution < -0.4 is 5.73 Å². The van der Waals surface area contributed by atoms with Gasteiger partial charge in [0.15, 0.2) is 0 Å². The van der Waals surface area contributed by atoms with E-state index >= 15 is 0 Å². The molecule has 1 aromatic rings. The molecule has 12 heavy (non-hydrogen) atoms. The molecule has 2 N–H and O–H groups in total. The van der Waals surface area contributed by atoms with Gasteiger partial charge in [-0.3, -0.25) is 0 Å². The third kappa shape index (κ3) is 3.54. The van der Waals surface area contributed by atoms with Crippen molar-refractivity contribution < 1.29 is 1.43 Å². The fourth-order valence-electron chi connectivity index (χ4n) is 1.19. The number of benzene rings is 1. The van der Waals surface area contributed by atoms with Gasteiger partial charge in [-0.1, -0.05) is 43.2 Å². The van der Waals surface area contributed by atoms with Crippen molar-refractivity contribution in [2.75, 3.05) is 0 Å². The number of nitrogens with two attached hydrogens (primary N) is 1. The Kier molecular flexibility index (Phi) is 5.39. The van der Waals surface area contributed by atoms with E-state index in [1.807, 2.05) is 13.8 Å². The van der Waals surface area contributed by atoms with Crippen LogP contribution in [0.25, 0.3) is 0 Å². The number of hydrogen-bond acceptors (Lipinski definition) is 1. The molecule has 1 aromatic carbocycles. The van der Waals surface area contributed by atoms with Gasteiger partial charge >= 0.3 is 0 Å². The topological polar surface area (TPSA) is 26.0 Å². The Hall–Kier alpha value is -0.820. The van der Waals surface area contributed by atoms with Crippen molar-refractivity contribution in [2.24, 2.45) is 5.73 Å². The van der Waals surface area contributed by atoms with Gasteiger partial charge in [0.1, 0.15) is 0 Å². The summed E-state index contributed by atoms with van der Waals surface area (Å²) in [7, 11) is 0. The molecule has 0 aliphatic heterocycles. The van der Waals surface area contributed by atoms with Crippen LogP contribution in [0.3, 0.4) is 0 Å². The highest BCUT2D eigenvalue weighted by molar-refractivity contribution is 5.28. The van der Waals surface area contributed by atoms with Crippen LogP contribution in [0.2, 0.25) is 0 Å². The maximum atomic E-state index is 5.49. The Bertz CT molecular complexity index is 213. The normalized spacial score (nSPS) is 8.75. The maximum Gasteiger partial charge on any atom is 0.0178 e. The van der Waals surface area contributed by atoms with E-state index in [2.05, 4.69) is 32.0 Å². The molecule has 1 nitrogen and oxygen atoms in total. The quantitative estimate of drug-likeness (QED) is 0.683. The van der Waals surface area contributed by atoms with E-state index in [0.29, 0.717) is 6.54 Å². The number of rotatable bonds is 1. The zero-order chi connectivity index (χ0) is 9.56. The summed E-state index contributed by atoms with van der Waals surface area (Å²) >= 11 is 0. The smallest absolute Gasteiger partial charge is 0.0178 e. The molecule has 0 atom stereocenters. The van der Waals surface area contributed by atoms with Crippen LogP contribution >= 0.6 is 0 Å². The Morgan fingerprint density at radius 2 is 1.50 bits per heavy atom. The van der Waals surface area contributed by atoms with Gasteiger partial charge in [0, 0.05) is 7.97 Å². The Morgan fingerprint density at radius 1 is 1.08 bits per heavy atom. The average Bonchev–Trinajstić information content (AvgIpc) is 2.06. The molecule has 0 amide bonds. The van der Waals surface area contributed by atoms with Crippen LogP contribution in [0.1, 0.15) is 32.0 Å². The molecule has 0 unspecified atom stereocenters. The lowest BCUT2D eigenvalue weighted by Gasteiger charge is -2.00. The third-order valence-electron chi connectivity index (χ3n) is 1.52. The van der Waals surface area contributed by atoms with E-state index < -0.39 is 0 Å². The van der Waals surface area contributed by atoms with Crippen molar-refractivity contribution >= 4 is 0 Å². The second-order valence-corrected chi connectivity index (χ2v) is 2.70. The van der Waals surface area contributed by atoms with Gasteiger partial charge in [-0.15, -0.1) is 0 Å². The molecule has 0 bridgehead atoms. The fraction of sp³-hybridized carbons (Fsp3) is 0.455. The van der Waals surface area contributed by atoms with Gasteiger partial charge in [-0.2, -0.15) is 0 Å². The van der Waals surface area contributed by atoms with E-state index in [9.17, 15) is 0 Å². The van der Waals surface area contributed by atoms with E-state index in [1.165, 1.54) is 16.7 Å². The van der Waals surface area contributed by atoms with Gasteiger partial charge in [0.25, 0.3) is 0 Å². The monoisotopic (exact) mass is 167 g/mol. The molecule has 0 saturated heterocycles. The molecule has 0 fully saturated rings. The molecule has 1 rings (SSSR count). The fourth-order valence-corrected chi connectivity index (χ4v) is 1.19. The van der Waals surface area contributed by atoms with Crippen molar-refractivity contribution in [1.29, 1.82) is 0 Å². The zero-order valence-electron chi connectivity index (χ0n) is 8.52. The average molecular weight is 167 g/mol. The molecule has 0 heterocycles. The summed E-state index contributed by atoms with van der Waals surface area (Å²) in [5, 5.41) is 0. The van der Waals surface area contributed by atoms with Crippen LogP contribution in [-0.2, 0) is 6.54 Å². The van der Waals surface area contributed by atoms with E-state index in [-0.39, 0.29) is 1.43 Å². The first-order valence-electron chi connectivity index (χ1n) is 4.49. The van der Waals surface area contributed by atoms with E-state index in [1.54, 1.807) is 0 Å². The molecule has 70 valence electrons. The first kappa shape index (κ1) is 11.2. The largest absolute Gasteiger partial charge is 0.326 e. The second-order valence-electron chi connectivity index (χ2n) is 2.70. The lowest BCUT2D eigenvalue weighted by Crippen LogP contribution is -1.96. The summed E-state index contributed by atoms with van der Waals surface area (Å²) in [5.41, 5.74) is 9.29. The first-order chi connectivity index (χ1) is 5.72. The minimum atomic E-state index is 0. The number of hydrogen-bond donors (Lipinski definition) is 1. The van der Waals surface area contributed by atoms with Gasteiger partial charge in [-0.25, -0.2) is 0 Å². The minimum Gasteiger partial charge on any atom is -0.326 e. The molecule has 0 spiro atoms. The highest BCUT2D eigenvalue weighted by Crippen LogP contribution is 2.07. The summed E-state index contributed by atoms with van der Waals surface area (Å²) in [4.78, 5) is 0. The van der Waals surface area contributed by atoms with Gasteiger partial charge in [0.05, 0.1) is 0 Å². The molecule has 0 aliphatic rings. The number of aryl methyl sites for hydroxylation is 2. The SMILES string of the molecule is CC.Cc1cc(C)cc(CN)c1.[HH]. The lowest BCUT2D eigenvalue weighted by atomic mass is 10.1. The lowest BCUT2D eigenvalue weighted by molar-refractivity contribution is 1.06. The van der Waals surface area contributed by atoms with Crippen molar-refractivity contribution in [3.63, 3.8) is 0 Å². The second kappa shape index (κ2) is 5.78. The molecule has 0 aliphatic carbocycles. The van der Waals surface area contributed by atoms with Gasteiger partial charge in [0.2, 0.25) is 0 Å². The summed E-state index contributed by atoms with van der Waals surface area (Å²) < 4.78 is 0. The van der Waals surface area contributed by atoms with Crippen molar-refractivity contribution in [2.45, 2.75) is 34.2 Å². The third-order valence-corrected chi connectivity index (χ3v) is 1.52. The van der Waals surface area contributed by atoms with Crippen LogP contribution in [0.5, 0.6) is 0 Å². The highest BCUT2D eigenvalue weighted by atomic mass is 14.5. The molecule has 1 heteroatoms. The van der Waals surface area contributed by atoms with E-state index in [4.69, 9.17) is 5.73 Å². The summed E-state index contributed by atoms with van der Waals surface area (Å²) in [5.74, 6) is 0. The molecule has 0 saturated carbocycles. The zero-order valence-corrected chi connectivity index (χ0v) is 8.52. The minimum absolute atomic E-state index is 0. The van der Waals surface area contributed by atoms with Crippen molar-refractivity contribution in [1.82, 2.24) is 0 Å². The highest BCUT2D eigenvalue weighted by Gasteiger charge is 1.91. The predicted molar refractivity (Wildman–Crippen MR) is 57.3 cm³/mol. The molecule has 0 aromatic heterocycles. The Morgan fingerprint density at radius 3 is 1.83 bits per heavy atom. The van der Waals surface area contributed by atoms with Crippen LogP contribution in [0.15, 0.2) is 18.2 Å². The summed E-state index contributed by atoms with van der Waals surface area (Å²) in [6.45, 7) is 8.82. The van der Waals surface area contributed by atoms with Crippen molar-refractivity contribution in [3.05, 3.63) is 34.9 Å². The Balaban J connectivity index is 0. The van der Waals surface area contributed by atoms with Crippen LogP contribution in [-0.4, -0.2) is 0 Å². The van der Waals surface area contributed by atoms with Crippen molar-refractivity contribution in [3.8, 4) is 0 Å². The predicted octanol–water partition coefficient (Wildman–Crippen LogP) is 3.03. The first-order valence-corrected chi connectivity index (χ1v) is 4.49. The van der Waals surface area contributed by atoms with Crippen LogP contribution in [0.4, 0.5) is 0 Å². The van der Waals surface area contributed by atoms with Gasteiger partial charge < -0.3 is 5.73 Å². The maximum absolute atomic E-state index is 5.49. The molecular weight excluding hydrogens is 146 g/mol. The van der Waals surface area contributed by atoms with Gasteiger partial charge in [-0.05, 0) is 19.4 Å². The van der Waals surface area contributed by atoms with Crippen LogP contribution in [0, 0.1) is 13.8 Å². The van der Waals surface area contributed by atoms with E-state index in [0.717, 1.165) is 0 Å². The Labute approximate surface area is 77.1 Å². The summed E-state index contributed by atoms with van der Waals surface area (Å²) in [6, 6.07) is 6.39.